The van der Waals surface area contributed by atoms with Crippen LogP contribution in [-0.4, -0.2) is 54.6 Å². The molecule has 0 aromatic carbocycles. The van der Waals surface area contributed by atoms with Crippen molar-refractivity contribution >= 4 is 5.91 Å². The van der Waals surface area contributed by atoms with Crippen LogP contribution in [0.25, 0.3) is 0 Å². The highest BCUT2D eigenvalue weighted by atomic mass is 19.4. The predicted octanol–water partition coefficient (Wildman–Crippen LogP) is 2.38. The zero-order chi connectivity index (χ0) is 14.6. The number of rotatable bonds is 3. The number of carbonyl (C=O) groups is 1. The summed E-state index contributed by atoms with van der Waals surface area (Å²) in [7, 11) is 0. The van der Waals surface area contributed by atoms with Crippen LogP contribution in [0.15, 0.2) is 22.8 Å². The third-order valence-electron chi connectivity index (χ3n) is 3.32. The van der Waals surface area contributed by atoms with E-state index in [0.29, 0.717) is 32.6 Å². The molecule has 1 aliphatic heterocycles. The molecular weight excluding hydrogens is 273 g/mol. The molecule has 0 spiro atoms. The van der Waals surface area contributed by atoms with Crippen molar-refractivity contribution < 1.29 is 22.4 Å². The van der Waals surface area contributed by atoms with Gasteiger partial charge in [-0.1, -0.05) is 0 Å². The van der Waals surface area contributed by atoms with E-state index in [4.69, 9.17) is 4.42 Å². The van der Waals surface area contributed by atoms with Gasteiger partial charge in [0.1, 0.15) is 0 Å². The van der Waals surface area contributed by atoms with Crippen molar-refractivity contribution in [3.05, 3.63) is 24.2 Å². The Balaban J connectivity index is 1.84. The largest absolute Gasteiger partial charge is 0.459 e. The van der Waals surface area contributed by atoms with Gasteiger partial charge in [0.2, 0.25) is 0 Å². The SMILES string of the molecule is O=C(c1ccco1)N1CCCN(CCC(F)(F)F)CC1. The van der Waals surface area contributed by atoms with E-state index in [-0.39, 0.29) is 18.2 Å². The first-order valence-corrected chi connectivity index (χ1v) is 6.57. The molecule has 1 amide bonds. The Hall–Kier alpha value is -1.50. The van der Waals surface area contributed by atoms with Crippen molar-refractivity contribution in [2.45, 2.75) is 19.0 Å². The number of hydrogen-bond donors (Lipinski definition) is 0. The Morgan fingerprint density at radius 3 is 2.70 bits per heavy atom. The van der Waals surface area contributed by atoms with Gasteiger partial charge in [-0.3, -0.25) is 4.79 Å². The van der Waals surface area contributed by atoms with Crippen LogP contribution in [0, 0.1) is 0 Å². The van der Waals surface area contributed by atoms with Gasteiger partial charge in [-0.15, -0.1) is 0 Å². The molecule has 7 heteroatoms. The molecule has 0 aliphatic carbocycles. The molecule has 1 aliphatic rings. The number of nitrogens with zero attached hydrogens (tertiary/aromatic N) is 2. The quantitative estimate of drug-likeness (QED) is 0.857. The average Bonchev–Trinajstić information content (AvgIpc) is 2.80. The summed E-state index contributed by atoms with van der Waals surface area (Å²) in [5.74, 6) is 0.0708. The first kappa shape index (κ1) is 14.9. The van der Waals surface area contributed by atoms with Crippen molar-refractivity contribution in [1.82, 2.24) is 9.80 Å². The van der Waals surface area contributed by atoms with E-state index in [2.05, 4.69) is 0 Å². The lowest BCUT2D eigenvalue weighted by Crippen LogP contribution is -2.35. The monoisotopic (exact) mass is 290 g/mol. The van der Waals surface area contributed by atoms with Crippen LogP contribution < -0.4 is 0 Å². The molecule has 2 rings (SSSR count). The van der Waals surface area contributed by atoms with Crippen molar-refractivity contribution in [3.8, 4) is 0 Å². The van der Waals surface area contributed by atoms with Crippen LogP contribution in [-0.2, 0) is 0 Å². The molecule has 1 saturated heterocycles. The molecular formula is C13H17F3N2O2. The van der Waals surface area contributed by atoms with Crippen molar-refractivity contribution in [2.75, 3.05) is 32.7 Å². The molecule has 0 radical (unpaired) electrons. The minimum absolute atomic E-state index is 0.00766. The van der Waals surface area contributed by atoms with Crippen LogP contribution in [0.2, 0.25) is 0 Å². The zero-order valence-electron chi connectivity index (χ0n) is 11.0. The summed E-state index contributed by atoms with van der Waals surface area (Å²) in [5.41, 5.74) is 0. The van der Waals surface area contributed by atoms with Gasteiger partial charge >= 0.3 is 6.18 Å². The van der Waals surface area contributed by atoms with E-state index >= 15 is 0 Å². The summed E-state index contributed by atoms with van der Waals surface area (Å²) in [4.78, 5) is 15.5. The summed E-state index contributed by atoms with van der Waals surface area (Å²) in [6.45, 7) is 2.01. The fourth-order valence-corrected chi connectivity index (χ4v) is 2.24. The highest BCUT2D eigenvalue weighted by molar-refractivity contribution is 5.91. The van der Waals surface area contributed by atoms with E-state index in [0.717, 1.165) is 0 Å². The number of halogens is 3. The van der Waals surface area contributed by atoms with Crippen LogP contribution in [0.3, 0.4) is 0 Å². The minimum atomic E-state index is -4.13. The number of hydrogen-bond acceptors (Lipinski definition) is 3. The van der Waals surface area contributed by atoms with Crippen molar-refractivity contribution in [3.63, 3.8) is 0 Å². The fraction of sp³-hybridized carbons (Fsp3) is 0.615. The maximum absolute atomic E-state index is 12.2. The van der Waals surface area contributed by atoms with Crippen molar-refractivity contribution in [1.29, 1.82) is 0 Å². The first-order chi connectivity index (χ1) is 9.46. The van der Waals surface area contributed by atoms with Crippen LogP contribution in [0.1, 0.15) is 23.4 Å². The van der Waals surface area contributed by atoms with Gasteiger partial charge in [-0.25, -0.2) is 0 Å². The van der Waals surface area contributed by atoms with Gasteiger partial charge in [0.15, 0.2) is 5.76 Å². The van der Waals surface area contributed by atoms with Crippen molar-refractivity contribution in [2.24, 2.45) is 0 Å². The Kier molecular flexibility index (Phi) is 4.69. The molecule has 20 heavy (non-hydrogen) atoms. The molecule has 4 nitrogen and oxygen atoms in total. The molecule has 1 aromatic rings. The molecule has 0 N–H and O–H groups in total. The lowest BCUT2D eigenvalue weighted by molar-refractivity contribution is -0.137. The second-order valence-corrected chi connectivity index (χ2v) is 4.83. The molecule has 0 saturated carbocycles. The molecule has 1 fully saturated rings. The van der Waals surface area contributed by atoms with Gasteiger partial charge in [0, 0.05) is 26.2 Å². The third kappa shape index (κ3) is 4.26. The second-order valence-electron chi connectivity index (χ2n) is 4.83. The normalized spacial score (nSPS) is 18.1. The van der Waals surface area contributed by atoms with Gasteiger partial charge < -0.3 is 14.2 Å². The Labute approximate surface area is 115 Å². The third-order valence-corrected chi connectivity index (χ3v) is 3.32. The summed E-state index contributed by atoms with van der Waals surface area (Å²) in [5, 5.41) is 0. The van der Waals surface area contributed by atoms with E-state index in [1.807, 2.05) is 0 Å². The predicted molar refractivity (Wildman–Crippen MR) is 66.3 cm³/mol. The Morgan fingerprint density at radius 1 is 1.25 bits per heavy atom. The van der Waals surface area contributed by atoms with Gasteiger partial charge in [-0.2, -0.15) is 13.2 Å². The maximum atomic E-state index is 12.2. The Bertz CT molecular complexity index is 431. The number of carbonyl (C=O) groups excluding carboxylic acids is 1. The lowest BCUT2D eigenvalue weighted by Gasteiger charge is -2.21. The summed E-state index contributed by atoms with van der Waals surface area (Å²) < 4.78 is 41.7. The summed E-state index contributed by atoms with van der Waals surface area (Å²) in [6.07, 6.45) is -2.83. The summed E-state index contributed by atoms with van der Waals surface area (Å²) in [6, 6.07) is 3.23. The highest BCUT2D eigenvalue weighted by Gasteiger charge is 2.29. The van der Waals surface area contributed by atoms with E-state index in [9.17, 15) is 18.0 Å². The molecule has 0 atom stereocenters. The van der Waals surface area contributed by atoms with E-state index in [1.54, 1.807) is 21.9 Å². The number of furan rings is 1. The molecule has 2 heterocycles. The zero-order valence-corrected chi connectivity index (χ0v) is 11.0. The van der Waals surface area contributed by atoms with Gasteiger partial charge in [0.25, 0.3) is 5.91 Å². The fourth-order valence-electron chi connectivity index (χ4n) is 2.24. The van der Waals surface area contributed by atoms with Crippen LogP contribution >= 0.6 is 0 Å². The molecule has 0 unspecified atom stereocenters. The average molecular weight is 290 g/mol. The Morgan fingerprint density at radius 2 is 2.05 bits per heavy atom. The topological polar surface area (TPSA) is 36.7 Å². The van der Waals surface area contributed by atoms with Crippen LogP contribution in [0.4, 0.5) is 13.2 Å². The smallest absolute Gasteiger partial charge is 0.390 e. The standard InChI is InChI=1S/C13H17F3N2O2/c14-13(15,16)4-7-17-5-2-6-18(9-8-17)12(19)11-3-1-10-20-11/h1,3,10H,2,4-9H2. The minimum Gasteiger partial charge on any atom is -0.459 e. The summed E-state index contributed by atoms with van der Waals surface area (Å²) >= 11 is 0. The highest BCUT2D eigenvalue weighted by Crippen LogP contribution is 2.20. The first-order valence-electron chi connectivity index (χ1n) is 6.57. The second kappa shape index (κ2) is 6.30. The lowest BCUT2D eigenvalue weighted by atomic mass is 10.3. The van der Waals surface area contributed by atoms with E-state index in [1.165, 1.54) is 6.26 Å². The van der Waals surface area contributed by atoms with Gasteiger partial charge in [-0.05, 0) is 25.1 Å². The molecule has 0 bridgehead atoms. The van der Waals surface area contributed by atoms with E-state index < -0.39 is 12.6 Å². The molecule has 1 aromatic heterocycles. The van der Waals surface area contributed by atoms with Crippen LogP contribution in [0.5, 0.6) is 0 Å². The molecule has 112 valence electrons. The maximum Gasteiger partial charge on any atom is 0.390 e. The number of alkyl halides is 3. The van der Waals surface area contributed by atoms with Gasteiger partial charge in [0.05, 0.1) is 12.7 Å². The number of amides is 1.